The molecule has 0 spiro atoms. The molecule has 0 aliphatic carbocycles. The topological polar surface area (TPSA) is 50.4 Å². The first-order valence-electron chi connectivity index (χ1n) is 7.41. The molecule has 112 valence electrons. The molecule has 0 heterocycles. The Morgan fingerprint density at radius 2 is 1.95 bits per heavy atom. The molecular weight excluding hydrogens is 252 g/mol. The third-order valence-electron chi connectivity index (χ3n) is 3.17. The Labute approximate surface area is 121 Å². The van der Waals surface area contributed by atoms with E-state index in [1.54, 1.807) is 0 Å². The van der Waals surface area contributed by atoms with Gasteiger partial charge in [0.25, 0.3) is 0 Å². The third-order valence-corrected chi connectivity index (χ3v) is 3.17. The Bertz CT molecular complexity index is 428. The van der Waals surface area contributed by atoms with Gasteiger partial charge in [0, 0.05) is 6.04 Å². The second kappa shape index (κ2) is 8.46. The molecule has 1 rings (SSSR count). The van der Waals surface area contributed by atoms with Crippen LogP contribution < -0.4 is 15.4 Å². The second-order valence-corrected chi connectivity index (χ2v) is 4.96. The van der Waals surface area contributed by atoms with Crippen molar-refractivity contribution in [1.82, 2.24) is 5.32 Å². The van der Waals surface area contributed by atoms with Gasteiger partial charge in [-0.2, -0.15) is 0 Å². The molecule has 0 aromatic heterocycles. The highest BCUT2D eigenvalue weighted by molar-refractivity contribution is 5.91. The molecule has 0 unspecified atom stereocenters. The third kappa shape index (κ3) is 5.11. The van der Waals surface area contributed by atoms with Gasteiger partial charge in [0.1, 0.15) is 5.75 Å². The molecule has 1 aromatic rings. The lowest BCUT2D eigenvalue weighted by molar-refractivity contribution is 0.247. The minimum atomic E-state index is -0.177. The van der Waals surface area contributed by atoms with Crippen molar-refractivity contribution in [1.29, 1.82) is 0 Å². The van der Waals surface area contributed by atoms with Crippen LogP contribution in [0.5, 0.6) is 5.75 Å². The van der Waals surface area contributed by atoms with E-state index >= 15 is 0 Å². The molecule has 0 atom stereocenters. The Kier molecular flexibility index (Phi) is 6.91. The molecule has 0 aliphatic heterocycles. The first kappa shape index (κ1) is 16.3. The molecule has 0 bridgehead atoms. The van der Waals surface area contributed by atoms with Crippen molar-refractivity contribution < 1.29 is 9.53 Å². The highest BCUT2D eigenvalue weighted by atomic mass is 16.5. The van der Waals surface area contributed by atoms with E-state index in [4.69, 9.17) is 4.74 Å². The van der Waals surface area contributed by atoms with Crippen LogP contribution in [0.25, 0.3) is 0 Å². The summed E-state index contributed by atoms with van der Waals surface area (Å²) in [5, 5.41) is 5.83. The highest BCUT2D eigenvalue weighted by Gasteiger charge is 2.11. The lowest BCUT2D eigenvalue weighted by atomic mass is 10.2. The zero-order chi connectivity index (χ0) is 15.0. The summed E-state index contributed by atoms with van der Waals surface area (Å²) in [5.74, 6) is 0.728. The van der Waals surface area contributed by atoms with E-state index in [1.165, 1.54) is 0 Å². The van der Waals surface area contributed by atoms with Gasteiger partial charge >= 0.3 is 6.03 Å². The van der Waals surface area contributed by atoms with Gasteiger partial charge in [-0.3, -0.25) is 0 Å². The lowest BCUT2D eigenvalue weighted by Gasteiger charge is -2.17. The molecule has 20 heavy (non-hydrogen) atoms. The molecule has 4 nitrogen and oxygen atoms in total. The van der Waals surface area contributed by atoms with E-state index in [-0.39, 0.29) is 12.1 Å². The summed E-state index contributed by atoms with van der Waals surface area (Å²) in [6.07, 6.45) is 2.79. The summed E-state index contributed by atoms with van der Waals surface area (Å²) in [6, 6.07) is 5.82. The fraction of sp³-hybridized carbons (Fsp3) is 0.562. The van der Waals surface area contributed by atoms with E-state index in [9.17, 15) is 4.79 Å². The highest BCUT2D eigenvalue weighted by Crippen LogP contribution is 2.25. The average molecular weight is 278 g/mol. The first-order chi connectivity index (χ1) is 9.60. The number of carbonyl (C=O) groups excluding carboxylic acids is 1. The summed E-state index contributed by atoms with van der Waals surface area (Å²) < 4.78 is 5.68. The Morgan fingerprint density at radius 1 is 1.25 bits per heavy atom. The maximum absolute atomic E-state index is 12.0. The molecule has 4 heteroatoms. The van der Waals surface area contributed by atoms with E-state index in [2.05, 4.69) is 31.4 Å². The van der Waals surface area contributed by atoms with Crippen molar-refractivity contribution in [3.05, 3.63) is 23.8 Å². The van der Waals surface area contributed by atoms with Gasteiger partial charge in [-0.05, 0) is 43.9 Å². The van der Waals surface area contributed by atoms with Gasteiger partial charge in [-0.1, -0.05) is 26.8 Å². The Balaban J connectivity index is 2.72. The van der Waals surface area contributed by atoms with E-state index in [1.807, 2.05) is 25.1 Å². The number of carbonyl (C=O) groups is 1. The number of nitrogens with one attached hydrogen (secondary N) is 2. The molecule has 2 N–H and O–H groups in total. The number of amides is 2. The molecule has 0 saturated heterocycles. The number of hydrogen-bond donors (Lipinski definition) is 2. The van der Waals surface area contributed by atoms with Crippen LogP contribution in [0.1, 0.15) is 45.6 Å². The van der Waals surface area contributed by atoms with Crippen molar-refractivity contribution in [2.45, 2.75) is 53.0 Å². The van der Waals surface area contributed by atoms with Gasteiger partial charge in [0.05, 0.1) is 12.3 Å². The zero-order valence-electron chi connectivity index (χ0n) is 13.0. The van der Waals surface area contributed by atoms with Gasteiger partial charge in [0.15, 0.2) is 0 Å². The van der Waals surface area contributed by atoms with Crippen LogP contribution in [0.4, 0.5) is 10.5 Å². The zero-order valence-corrected chi connectivity index (χ0v) is 13.0. The fourth-order valence-electron chi connectivity index (χ4n) is 1.90. The standard InChI is InChI=1S/C16H26N2O2/c1-5-10-20-15-11-12(4)8-9-14(15)18-16(19)17-13(6-2)7-3/h8-9,11,13H,5-7,10H2,1-4H3,(H2,17,18,19). The van der Waals surface area contributed by atoms with Crippen LogP contribution >= 0.6 is 0 Å². The lowest BCUT2D eigenvalue weighted by Crippen LogP contribution is -2.37. The van der Waals surface area contributed by atoms with Crippen LogP contribution in [0.15, 0.2) is 18.2 Å². The van der Waals surface area contributed by atoms with Gasteiger partial charge in [0.2, 0.25) is 0 Å². The fourth-order valence-corrected chi connectivity index (χ4v) is 1.90. The van der Waals surface area contributed by atoms with Gasteiger partial charge in [-0.25, -0.2) is 4.79 Å². The minimum absolute atomic E-state index is 0.177. The maximum Gasteiger partial charge on any atom is 0.319 e. The summed E-state index contributed by atoms with van der Waals surface area (Å²) >= 11 is 0. The van der Waals surface area contributed by atoms with Crippen molar-refractivity contribution in [2.24, 2.45) is 0 Å². The van der Waals surface area contributed by atoms with Crippen LogP contribution in [-0.4, -0.2) is 18.7 Å². The van der Waals surface area contributed by atoms with Crippen molar-refractivity contribution in [2.75, 3.05) is 11.9 Å². The van der Waals surface area contributed by atoms with Crippen molar-refractivity contribution in [3.63, 3.8) is 0 Å². The smallest absolute Gasteiger partial charge is 0.319 e. The number of ether oxygens (including phenoxy) is 1. The number of aryl methyl sites for hydroxylation is 1. The van der Waals surface area contributed by atoms with Crippen LogP contribution in [0, 0.1) is 6.92 Å². The number of anilines is 1. The predicted octanol–water partition coefficient (Wildman–Crippen LogP) is 4.09. The minimum Gasteiger partial charge on any atom is -0.491 e. The first-order valence-corrected chi connectivity index (χ1v) is 7.41. The molecule has 0 fully saturated rings. The summed E-state index contributed by atoms with van der Waals surface area (Å²) in [5.41, 5.74) is 1.83. The average Bonchev–Trinajstić information content (AvgIpc) is 2.44. The monoisotopic (exact) mass is 278 g/mol. The van der Waals surface area contributed by atoms with Crippen LogP contribution in [0.2, 0.25) is 0 Å². The molecule has 2 amide bonds. The van der Waals surface area contributed by atoms with Crippen LogP contribution in [0.3, 0.4) is 0 Å². The number of hydrogen-bond acceptors (Lipinski definition) is 2. The number of rotatable bonds is 7. The largest absolute Gasteiger partial charge is 0.491 e. The summed E-state index contributed by atoms with van der Waals surface area (Å²) in [4.78, 5) is 12.0. The quantitative estimate of drug-likeness (QED) is 0.789. The van der Waals surface area contributed by atoms with Crippen molar-refractivity contribution >= 4 is 11.7 Å². The summed E-state index contributed by atoms with van der Waals surface area (Å²) in [7, 11) is 0. The van der Waals surface area contributed by atoms with E-state index < -0.39 is 0 Å². The molecule has 0 radical (unpaired) electrons. The van der Waals surface area contributed by atoms with E-state index in [0.29, 0.717) is 12.3 Å². The summed E-state index contributed by atoms with van der Waals surface area (Å²) in [6.45, 7) is 8.84. The van der Waals surface area contributed by atoms with Crippen LogP contribution in [-0.2, 0) is 0 Å². The van der Waals surface area contributed by atoms with Crippen molar-refractivity contribution in [3.8, 4) is 5.75 Å². The SMILES string of the molecule is CCCOc1cc(C)ccc1NC(=O)NC(CC)CC. The number of urea groups is 1. The predicted molar refractivity (Wildman–Crippen MR) is 83.5 cm³/mol. The Hall–Kier alpha value is -1.71. The number of benzene rings is 1. The molecule has 0 aliphatic rings. The molecular formula is C16H26N2O2. The van der Waals surface area contributed by atoms with Gasteiger partial charge < -0.3 is 15.4 Å². The molecule has 1 aromatic carbocycles. The van der Waals surface area contributed by atoms with E-state index in [0.717, 1.165) is 30.6 Å². The maximum atomic E-state index is 12.0. The Morgan fingerprint density at radius 3 is 2.55 bits per heavy atom. The second-order valence-electron chi connectivity index (χ2n) is 4.96. The normalized spacial score (nSPS) is 10.4. The van der Waals surface area contributed by atoms with Gasteiger partial charge in [-0.15, -0.1) is 0 Å². The molecule has 0 saturated carbocycles.